The first-order chi connectivity index (χ1) is 6.92. The van der Waals surface area contributed by atoms with Gasteiger partial charge in [0.25, 0.3) is 0 Å². The molecular weight excluding hydrogens is 178 g/mol. The Bertz CT molecular complexity index is 276. The van der Waals surface area contributed by atoms with E-state index in [0.29, 0.717) is 12.6 Å². The maximum Gasteiger partial charge on any atom is 0.0658 e. The van der Waals surface area contributed by atoms with Crippen molar-refractivity contribution in [3.63, 3.8) is 0 Å². The quantitative estimate of drug-likeness (QED) is 0.518. The third-order valence-electron chi connectivity index (χ3n) is 2.41. The summed E-state index contributed by atoms with van der Waals surface area (Å²) in [5.41, 5.74) is 15.9. The smallest absolute Gasteiger partial charge is 0.0658 e. The molecule has 14 heavy (non-hydrogen) atoms. The standard InChI is InChI=1S/C9H15N5/c10-4-3-8-9(13-14-12-8)7-2-1-5-11-6-7/h1-2,5-6,8-9,12-14H,3-4,10H2. The predicted octanol–water partition coefficient (Wildman–Crippen LogP) is -0.547. The summed E-state index contributed by atoms with van der Waals surface area (Å²) in [4.78, 5) is 4.10. The van der Waals surface area contributed by atoms with Crippen LogP contribution in [-0.2, 0) is 0 Å². The molecule has 2 rings (SSSR count). The molecular formula is C9H15N5. The second-order valence-corrected chi connectivity index (χ2v) is 3.36. The molecule has 5 N–H and O–H groups in total. The van der Waals surface area contributed by atoms with Crippen molar-refractivity contribution in [1.29, 1.82) is 0 Å². The van der Waals surface area contributed by atoms with E-state index in [4.69, 9.17) is 5.73 Å². The molecule has 0 spiro atoms. The van der Waals surface area contributed by atoms with Crippen LogP contribution in [0.4, 0.5) is 0 Å². The van der Waals surface area contributed by atoms with Crippen molar-refractivity contribution in [3.8, 4) is 0 Å². The molecule has 5 heteroatoms. The molecule has 1 aromatic heterocycles. The third-order valence-corrected chi connectivity index (χ3v) is 2.41. The van der Waals surface area contributed by atoms with E-state index in [-0.39, 0.29) is 6.04 Å². The Labute approximate surface area is 83.0 Å². The summed E-state index contributed by atoms with van der Waals surface area (Å²) in [6, 6.07) is 4.56. The van der Waals surface area contributed by atoms with Crippen LogP contribution in [0, 0.1) is 0 Å². The van der Waals surface area contributed by atoms with Crippen LogP contribution in [0.15, 0.2) is 24.5 Å². The lowest BCUT2D eigenvalue weighted by molar-refractivity contribution is 0.496. The first-order valence-corrected chi connectivity index (χ1v) is 4.78. The van der Waals surface area contributed by atoms with Gasteiger partial charge in [-0.2, -0.15) is 5.53 Å². The van der Waals surface area contributed by atoms with E-state index >= 15 is 0 Å². The van der Waals surface area contributed by atoms with E-state index in [1.54, 1.807) is 6.20 Å². The van der Waals surface area contributed by atoms with Crippen molar-refractivity contribution >= 4 is 0 Å². The summed E-state index contributed by atoms with van der Waals surface area (Å²) < 4.78 is 0. The number of hydrogen-bond acceptors (Lipinski definition) is 5. The van der Waals surface area contributed by atoms with E-state index in [1.807, 2.05) is 12.3 Å². The maximum atomic E-state index is 5.54. The average molecular weight is 193 g/mol. The molecule has 1 aromatic rings. The fourth-order valence-electron chi connectivity index (χ4n) is 1.69. The van der Waals surface area contributed by atoms with Crippen LogP contribution in [0.2, 0.25) is 0 Å². The van der Waals surface area contributed by atoms with Crippen LogP contribution in [-0.4, -0.2) is 17.6 Å². The number of nitrogens with one attached hydrogen (secondary N) is 3. The summed E-state index contributed by atoms with van der Waals surface area (Å²) in [5, 5.41) is 0. The summed E-state index contributed by atoms with van der Waals surface area (Å²) >= 11 is 0. The van der Waals surface area contributed by atoms with E-state index in [0.717, 1.165) is 6.42 Å². The molecule has 0 aromatic carbocycles. The van der Waals surface area contributed by atoms with Crippen LogP contribution in [0.25, 0.3) is 0 Å². The first kappa shape index (κ1) is 9.54. The summed E-state index contributed by atoms with van der Waals surface area (Å²) in [6.45, 7) is 0.678. The van der Waals surface area contributed by atoms with Gasteiger partial charge >= 0.3 is 0 Å². The molecule has 1 fully saturated rings. The van der Waals surface area contributed by atoms with Crippen LogP contribution in [0.5, 0.6) is 0 Å². The van der Waals surface area contributed by atoms with Gasteiger partial charge in [-0.05, 0) is 24.6 Å². The molecule has 1 aliphatic rings. The van der Waals surface area contributed by atoms with Crippen molar-refractivity contribution in [1.82, 2.24) is 21.4 Å². The molecule has 0 bridgehead atoms. The third kappa shape index (κ3) is 1.91. The molecule has 0 radical (unpaired) electrons. The maximum absolute atomic E-state index is 5.54. The predicted molar refractivity (Wildman–Crippen MR) is 53.8 cm³/mol. The zero-order valence-electron chi connectivity index (χ0n) is 7.90. The number of nitrogens with zero attached hydrogens (tertiary/aromatic N) is 1. The highest BCUT2D eigenvalue weighted by atomic mass is 15.7. The molecule has 0 amide bonds. The Balaban J connectivity index is 2.10. The van der Waals surface area contributed by atoms with Gasteiger partial charge in [-0.15, -0.1) is 0 Å². The van der Waals surface area contributed by atoms with Gasteiger partial charge in [-0.1, -0.05) is 6.07 Å². The minimum atomic E-state index is 0.243. The molecule has 0 saturated carbocycles. The average Bonchev–Trinajstić information content (AvgIpc) is 2.68. The van der Waals surface area contributed by atoms with E-state index in [2.05, 4.69) is 27.4 Å². The molecule has 2 heterocycles. The Kier molecular flexibility index (Phi) is 3.05. The lowest BCUT2D eigenvalue weighted by Gasteiger charge is -2.16. The monoisotopic (exact) mass is 193 g/mol. The summed E-state index contributed by atoms with van der Waals surface area (Å²) in [6.07, 6.45) is 4.58. The van der Waals surface area contributed by atoms with Crippen LogP contribution in [0.1, 0.15) is 18.0 Å². The normalized spacial score (nSPS) is 26.6. The van der Waals surface area contributed by atoms with Gasteiger partial charge in [0.05, 0.1) is 6.04 Å². The molecule has 1 saturated heterocycles. The zero-order valence-corrected chi connectivity index (χ0v) is 7.90. The largest absolute Gasteiger partial charge is 0.330 e. The fraction of sp³-hybridized carbons (Fsp3) is 0.444. The lowest BCUT2D eigenvalue weighted by Crippen LogP contribution is -2.34. The van der Waals surface area contributed by atoms with Gasteiger partial charge in [0.2, 0.25) is 0 Å². The number of hydrazine groups is 2. The summed E-state index contributed by atoms with van der Waals surface area (Å²) in [7, 11) is 0. The van der Waals surface area contributed by atoms with Crippen LogP contribution in [0.3, 0.4) is 0 Å². The van der Waals surface area contributed by atoms with Crippen LogP contribution < -0.4 is 22.1 Å². The fourth-order valence-corrected chi connectivity index (χ4v) is 1.69. The lowest BCUT2D eigenvalue weighted by atomic mass is 10.0. The number of pyridine rings is 1. The highest BCUT2D eigenvalue weighted by molar-refractivity contribution is 5.16. The number of aromatic nitrogens is 1. The SMILES string of the molecule is NCCC1NNNC1c1cccnc1. The molecule has 5 nitrogen and oxygen atoms in total. The number of hydrogen-bond donors (Lipinski definition) is 4. The highest BCUT2D eigenvalue weighted by Crippen LogP contribution is 2.19. The van der Waals surface area contributed by atoms with Gasteiger partial charge in [-0.3, -0.25) is 4.98 Å². The summed E-state index contributed by atoms with van der Waals surface area (Å²) in [5.74, 6) is 0. The van der Waals surface area contributed by atoms with E-state index in [1.165, 1.54) is 5.56 Å². The highest BCUT2D eigenvalue weighted by Gasteiger charge is 2.26. The van der Waals surface area contributed by atoms with E-state index in [9.17, 15) is 0 Å². The minimum absolute atomic E-state index is 0.243. The Morgan fingerprint density at radius 2 is 2.36 bits per heavy atom. The molecule has 0 aliphatic carbocycles. The van der Waals surface area contributed by atoms with Gasteiger partial charge in [0.1, 0.15) is 0 Å². The second-order valence-electron chi connectivity index (χ2n) is 3.36. The van der Waals surface area contributed by atoms with Crippen molar-refractivity contribution in [3.05, 3.63) is 30.1 Å². The minimum Gasteiger partial charge on any atom is -0.330 e. The van der Waals surface area contributed by atoms with Gasteiger partial charge in [0, 0.05) is 18.4 Å². The van der Waals surface area contributed by atoms with Crippen molar-refractivity contribution < 1.29 is 0 Å². The topological polar surface area (TPSA) is 75.0 Å². The van der Waals surface area contributed by atoms with Gasteiger partial charge in [-0.25, -0.2) is 10.9 Å². The Hall–Kier alpha value is -1.01. The number of nitrogens with two attached hydrogens (primary N) is 1. The van der Waals surface area contributed by atoms with Gasteiger partial charge in [0.15, 0.2) is 0 Å². The van der Waals surface area contributed by atoms with Gasteiger partial charge < -0.3 is 5.73 Å². The Morgan fingerprint density at radius 1 is 1.43 bits per heavy atom. The molecule has 2 atom stereocenters. The van der Waals surface area contributed by atoms with E-state index < -0.39 is 0 Å². The molecule has 1 aliphatic heterocycles. The number of rotatable bonds is 3. The first-order valence-electron chi connectivity index (χ1n) is 4.78. The molecule has 76 valence electrons. The van der Waals surface area contributed by atoms with Crippen molar-refractivity contribution in [2.45, 2.75) is 18.5 Å². The van der Waals surface area contributed by atoms with Crippen molar-refractivity contribution in [2.24, 2.45) is 5.73 Å². The molecule has 2 unspecified atom stereocenters. The van der Waals surface area contributed by atoms with Crippen LogP contribution >= 0.6 is 0 Å². The second kappa shape index (κ2) is 4.47. The zero-order chi connectivity index (χ0) is 9.80. The van der Waals surface area contributed by atoms with Crippen molar-refractivity contribution in [2.75, 3.05) is 6.54 Å². The Morgan fingerprint density at radius 3 is 3.07 bits per heavy atom.